The van der Waals surface area contributed by atoms with Gasteiger partial charge in [0, 0.05) is 18.0 Å². The zero-order valence-electron chi connectivity index (χ0n) is 8.85. The van der Waals surface area contributed by atoms with E-state index in [1.165, 1.54) is 30.7 Å². The summed E-state index contributed by atoms with van der Waals surface area (Å²) in [5.74, 6) is 2.41. The van der Waals surface area contributed by atoms with Crippen LogP contribution < -0.4 is 5.73 Å². The van der Waals surface area contributed by atoms with Gasteiger partial charge in [-0.2, -0.15) is 11.8 Å². The average Bonchev–Trinajstić information content (AvgIpc) is 2.86. The highest BCUT2D eigenvalue weighted by Gasteiger charge is 2.25. The maximum atomic E-state index is 6.07. The van der Waals surface area contributed by atoms with Crippen LogP contribution in [0.2, 0.25) is 0 Å². The molecule has 0 aliphatic carbocycles. The van der Waals surface area contributed by atoms with E-state index >= 15 is 0 Å². The topological polar surface area (TPSA) is 43.8 Å². The molecule has 1 aromatic heterocycles. The van der Waals surface area contributed by atoms with Crippen LogP contribution in [0.3, 0.4) is 0 Å². The summed E-state index contributed by atoms with van der Waals surface area (Å²) in [4.78, 5) is 4.73. The highest BCUT2D eigenvalue weighted by molar-refractivity contribution is 7.99. The number of rotatable bonds is 1. The number of imidazole rings is 1. The van der Waals surface area contributed by atoms with E-state index in [9.17, 15) is 0 Å². The zero-order chi connectivity index (χ0) is 10.3. The van der Waals surface area contributed by atoms with Crippen molar-refractivity contribution in [2.24, 2.45) is 5.73 Å². The molecule has 0 amide bonds. The Morgan fingerprint density at radius 3 is 3.07 bits per heavy atom. The first-order chi connectivity index (χ1) is 7.34. The van der Waals surface area contributed by atoms with Crippen LogP contribution in [0.25, 0.3) is 0 Å². The smallest absolute Gasteiger partial charge is 0.126 e. The molecule has 2 unspecified atom stereocenters. The van der Waals surface area contributed by atoms with E-state index in [0.29, 0.717) is 5.25 Å². The normalized spacial score (nSPS) is 30.5. The highest BCUT2D eigenvalue weighted by Crippen LogP contribution is 2.40. The average molecular weight is 223 g/mol. The van der Waals surface area contributed by atoms with Gasteiger partial charge in [0.25, 0.3) is 0 Å². The van der Waals surface area contributed by atoms with Gasteiger partial charge in [0.1, 0.15) is 5.82 Å². The molecule has 1 saturated heterocycles. The Morgan fingerprint density at radius 1 is 1.40 bits per heavy atom. The van der Waals surface area contributed by atoms with Gasteiger partial charge in [0.05, 0.1) is 11.7 Å². The fraction of sp³-hybridized carbons (Fsp3) is 0.727. The van der Waals surface area contributed by atoms with E-state index < -0.39 is 0 Å². The van der Waals surface area contributed by atoms with Gasteiger partial charge in [-0.25, -0.2) is 4.98 Å². The summed E-state index contributed by atoms with van der Waals surface area (Å²) in [6, 6.07) is 0.166. The lowest BCUT2D eigenvalue weighted by molar-refractivity contribution is 0.451. The van der Waals surface area contributed by atoms with E-state index in [4.69, 9.17) is 10.7 Å². The monoisotopic (exact) mass is 223 g/mol. The molecule has 2 atom stereocenters. The van der Waals surface area contributed by atoms with Crippen LogP contribution in [0, 0.1) is 0 Å². The summed E-state index contributed by atoms with van der Waals surface area (Å²) in [6.45, 7) is 1.10. The van der Waals surface area contributed by atoms with Crippen LogP contribution in [0.5, 0.6) is 0 Å². The predicted octanol–water partition coefficient (Wildman–Crippen LogP) is 2.24. The van der Waals surface area contributed by atoms with Crippen LogP contribution in [0.1, 0.15) is 48.5 Å². The molecule has 0 saturated carbocycles. The molecular formula is C11H17N3S. The number of nitrogens with zero attached hydrogens (tertiary/aromatic N) is 2. The molecule has 15 heavy (non-hydrogen) atoms. The minimum Gasteiger partial charge on any atom is -0.333 e. The molecule has 0 radical (unpaired) electrons. The van der Waals surface area contributed by atoms with Gasteiger partial charge in [-0.15, -0.1) is 0 Å². The van der Waals surface area contributed by atoms with Crippen LogP contribution in [0.15, 0.2) is 6.20 Å². The van der Waals surface area contributed by atoms with Crippen molar-refractivity contribution < 1.29 is 0 Å². The Balaban J connectivity index is 1.90. The molecule has 1 aromatic rings. The SMILES string of the molecule is NC1CCCn2cc(C3CCCS3)nc21. The standard InChI is InChI=1S/C11H17N3S/c12-8-3-1-5-14-7-9(13-11(8)14)10-4-2-6-15-10/h7-8,10H,1-6,12H2. The second-order valence-corrected chi connectivity index (χ2v) is 5.78. The van der Waals surface area contributed by atoms with Crippen molar-refractivity contribution in [1.82, 2.24) is 9.55 Å². The molecule has 3 rings (SSSR count). The summed E-state index contributed by atoms with van der Waals surface area (Å²) in [5, 5.41) is 0.635. The van der Waals surface area contributed by atoms with Gasteiger partial charge in [0.15, 0.2) is 0 Å². The first-order valence-corrected chi connectivity index (χ1v) is 6.83. The molecule has 0 spiro atoms. The van der Waals surface area contributed by atoms with Crippen molar-refractivity contribution in [3.63, 3.8) is 0 Å². The number of aryl methyl sites for hydroxylation is 1. The minimum atomic E-state index is 0.166. The van der Waals surface area contributed by atoms with Crippen LogP contribution in [-0.2, 0) is 6.54 Å². The van der Waals surface area contributed by atoms with Gasteiger partial charge in [-0.3, -0.25) is 0 Å². The second kappa shape index (κ2) is 3.83. The largest absolute Gasteiger partial charge is 0.333 e. The first-order valence-electron chi connectivity index (χ1n) is 5.79. The van der Waals surface area contributed by atoms with Crippen molar-refractivity contribution >= 4 is 11.8 Å². The van der Waals surface area contributed by atoms with Gasteiger partial charge in [0.2, 0.25) is 0 Å². The fourth-order valence-electron chi connectivity index (χ4n) is 2.50. The zero-order valence-corrected chi connectivity index (χ0v) is 9.67. The molecule has 2 aliphatic heterocycles. The lowest BCUT2D eigenvalue weighted by Gasteiger charge is -2.19. The third-order valence-corrected chi connectivity index (χ3v) is 4.74. The number of thioether (sulfide) groups is 1. The lowest BCUT2D eigenvalue weighted by atomic mass is 10.1. The highest BCUT2D eigenvalue weighted by atomic mass is 32.2. The first kappa shape index (κ1) is 9.73. The third kappa shape index (κ3) is 1.70. The van der Waals surface area contributed by atoms with Crippen molar-refractivity contribution in [3.05, 3.63) is 17.7 Å². The number of fused-ring (bicyclic) bond motifs is 1. The molecule has 82 valence electrons. The minimum absolute atomic E-state index is 0.166. The Labute approximate surface area is 94.4 Å². The van der Waals surface area contributed by atoms with E-state index in [0.717, 1.165) is 18.8 Å². The van der Waals surface area contributed by atoms with Crippen molar-refractivity contribution in [2.45, 2.75) is 43.5 Å². The summed E-state index contributed by atoms with van der Waals surface area (Å²) in [5.41, 5.74) is 7.34. The molecule has 2 N–H and O–H groups in total. The number of hydrogen-bond donors (Lipinski definition) is 1. The molecular weight excluding hydrogens is 206 g/mol. The molecule has 2 aliphatic rings. The molecule has 0 aromatic carbocycles. The number of hydrogen-bond acceptors (Lipinski definition) is 3. The van der Waals surface area contributed by atoms with E-state index in [1.54, 1.807) is 0 Å². The van der Waals surface area contributed by atoms with Gasteiger partial charge in [-0.05, 0) is 31.4 Å². The van der Waals surface area contributed by atoms with Gasteiger partial charge >= 0.3 is 0 Å². The van der Waals surface area contributed by atoms with Crippen LogP contribution in [0.4, 0.5) is 0 Å². The maximum absolute atomic E-state index is 6.07. The summed E-state index contributed by atoms with van der Waals surface area (Å²) < 4.78 is 2.27. The molecule has 0 bridgehead atoms. The van der Waals surface area contributed by atoms with Gasteiger partial charge < -0.3 is 10.3 Å². The molecule has 3 nitrogen and oxygen atoms in total. The van der Waals surface area contributed by atoms with Gasteiger partial charge in [-0.1, -0.05) is 0 Å². The molecule has 4 heteroatoms. The number of nitrogens with two attached hydrogens (primary N) is 1. The molecule has 1 fully saturated rings. The van der Waals surface area contributed by atoms with Crippen molar-refractivity contribution in [2.75, 3.05) is 5.75 Å². The summed E-state index contributed by atoms with van der Waals surface area (Å²) in [6.07, 6.45) is 7.15. The van der Waals surface area contributed by atoms with Crippen LogP contribution in [-0.4, -0.2) is 15.3 Å². The Bertz CT molecular complexity index is 355. The Kier molecular flexibility index (Phi) is 2.48. The lowest BCUT2D eigenvalue weighted by Crippen LogP contribution is -2.21. The van der Waals surface area contributed by atoms with Crippen molar-refractivity contribution in [3.8, 4) is 0 Å². The van der Waals surface area contributed by atoms with E-state index in [2.05, 4.69) is 10.8 Å². The summed E-state index contributed by atoms with van der Waals surface area (Å²) >= 11 is 2.04. The van der Waals surface area contributed by atoms with E-state index in [1.807, 2.05) is 11.8 Å². The Hall–Kier alpha value is -0.480. The summed E-state index contributed by atoms with van der Waals surface area (Å²) in [7, 11) is 0. The maximum Gasteiger partial charge on any atom is 0.126 e. The van der Waals surface area contributed by atoms with Crippen molar-refractivity contribution in [1.29, 1.82) is 0 Å². The fourth-order valence-corrected chi connectivity index (χ4v) is 3.74. The van der Waals surface area contributed by atoms with Crippen LogP contribution >= 0.6 is 11.8 Å². The second-order valence-electron chi connectivity index (χ2n) is 4.47. The van der Waals surface area contributed by atoms with E-state index in [-0.39, 0.29) is 6.04 Å². The number of aromatic nitrogens is 2. The molecule has 3 heterocycles. The quantitative estimate of drug-likeness (QED) is 0.794. The predicted molar refractivity (Wildman–Crippen MR) is 62.8 cm³/mol. The third-order valence-electron chi connectivity index (χ3n) is 3.33. The Morgan fingerprint density at radius 2 is 2.33 bits per heavy atom.